The summed E-state index contributed by atoms with van der Waals surface area (Å²) in [6, 6.07) is 14.4. The molecule has 3 rings (SSSR count). The molecule has 2 aromatic carbocycles. The van der Waals surface area contributed by atoms with E-state index in [0.717, 1.165) is 11.4 Å². The molecule has 0 aliphatic rings. The van der Waals surface area contributed by atoms with Crippen LogP contribution in [-0.4, -0.2) is 34.7 Å². The number of ether oxygens (including phenoxy) is 1. The van der Waals surface area contributed by atoms with Gasteiger partial charge in [-0.15, -0.1) is 0 Å². The molecule has 1 amide bonds. The molecule has 0 fully saturated rings. The van der Waals surface area contributed by atoms with Gasteiger partial charge in [-0.2, -0.15) is 5.10 Å². The summed E-state index contributed by atoms with van der Waals surface area (Å²) in [5.74, 6) is -0.410. The molecular formula is C21H22FN3O2. The van der Waals surface area contributed by atoms with Crippen LogP contribution >= 0.6 is 0 Å². The molecule has 0 bridgehead atoms. The number of aromatic nitrogens is 2. The van der Waals surface area contributed by atoms with Crippen LogP contribution in [0.1, 0.15) is 27.3 Å². The van der Waals surface area contributed by atoms with Crippen LogP contribution in [0.2, 0.25) is 0 Å². The molecule has 0 atom stereocenters. The topological polar surface area (TPSA) is 47.4 Å². The average Bonchev–Trinajstić information content (AvgIpc) is 2.96. The Hall–Kier alpha value is -3.15. The molecule has 0 radical (unpaired) electrons. The fraction of sp³-hybridized carbons (Fsp3) is 0.238. The quantitative estimate of drug-likeness (QED) is 0.687. The van der Waals surface area contributed by atoms with Crippen LogP contribution in [-0.2, 0) is 6.54 Å². The standard InChI is InChI=1S/C21H22FN3O2/c1-14-20(15(2)25(23-14)17-8-6-5-7-9-17)21(26)24(3)13-16-10-11-19(27-4)18(22)12-16/h5-12H,13H2,1-4H3. The minimum atomic E-state index is -0.444. The fourth-order valence-corrected chi connectivity index (χ4v) is 3.12. The first-order valence-electron chi connectivity index (χ1n) is 8.62. The Bertz CT molecular complexity index is 967. The zero-order chi connectivity index (χ0) is 19.6. The molecule has 0 saturated carbocycles. The van der Waals surface area contributed by atoms with Crippen molar-refractivity contribution in [2.75, 3.05) is 14.2 Å². The van der Waals surface area contributed by atoms with Gasteiger partial charge in [-0.05, 0) is 43.7 Å². The highest BCUT2D eigenvalue weighted by molar-refractivity contribution is 5.96. The number of benzene rings is 2. The third-order valence-corrected chi connectivity index (χ3v) is 4.49. The minimum Gasteiger partial charge on any atom is -0.494 e. The highest BCUT2D eigenvalue weighted by Gasteiger charge is 2.22. The number of aryl methyl sites for hydroxylation is 1. The SMILES string of the molecule is COc1ccc(CN(C)C(=O)c2c(C)nn(-c3ccccc3)c2C)cc1F. The lowest BCUT2D eigenvalue weighted by Gasteiger charge is -2.18. The van der Waals surface area contributed by atoms with Crippen molar-refractivity contribution in [3.05, 3.63) is 76.9 Å². The van der Waals surface area contributed by atoms with Crippen LogP contribution < -0.4 is 4.74 Å². The van der Waals surface area contributed by atoms with Crippen molar-refractivity contribution in [2.24, 2.45) is 0 Å². The second-order valence-electron chi connectivity index (χ2n) is 6.42. The molecule has 0 spiro atoms. The number of para-hydroxylation sites is 1. The van der Waals surface area contributed by atoms with Crippen molar-refractivity contribution in [1.82, 2.24) is 14.7 Å². The lowest BCUT2D eigenvalue weighted by atomic mass is 10.1. The Morgan fingerprint density at radius 2 is 1.89 bits per heavy atom. The molecule has 27 heavy (non-hydrogen) atoms. The van der Waals surface area contributed by atoms with E-state index in [9.17, 15) is 9.18 Å². The maximum atomic E-state index is 13.9. The molecular weight excluding hydrogens is 345 g/mol. The largest absolute Gasteiger partial charge is 0.494 e. The number of halogens is 1. The molecule has 0 aliphatic carbocycles. The summed E-state index contributed by atoms with van der Waals surface area (Å²) >= 11 is 0. The molecule has 1 heterocycles. The van der Waals surface area contributed by atoms with Gasteiger partial charge < -0.3 is 9.64 Å². The van der Waals surface area contributed by atoms with Crippen molar-refractivity contribution in [1.29, 1.82) is 0 Å². The van der Waals surface area contributed by atoms with Crippen LogP contribution in [0.4, 0.5) is 4.39 Å². The molecule has 0 N–H and O–H groups in total. The first-order chi connectivity index (χ1) is 12.9. The predicted octanol–water partition coefficient (Wildman–Crippen LogP) is 3.91. The van der Waals surface area contributed by atoms with Crippen LogP contribution in [0.25, 0.3) is 5.69 Å². The number of rotatable bonds is 5. The zero-order valence-corrected chi connectivity index (χ0v) is 15.9. The number of nitrogens with zero attached hydrogens (tertiary/aromatic N) is 3. The maximum absolute atomic E-state index is 13.9. The minimum absolute atomic E-state index is 0.150. The predicted molar refractivity (Wildman–Crippen MR) is 102 cm³/mol. The van der Waals surface area contributed by atoms with Gasteiger partial charge in [0.25, 0.3) is 5.91 Å². The van der Waals surface area contributed by atoms with Crippen LogP contribution in [0.3, 0.4) is 0 Å². The number of carbonyl (C=O) groups is 1. The van der Waals surface area contributed by atoms with E-state index in [1.165, 1.54) is 13.2 Å². The van der Waals surface area contributed by atoms with Gasteiger partial charge in [0.05, 0.1) is 29.7 Å². The molecule has 0 unspecified atom stereocenters. The molecule has 6 heteroatoms. The molecule has 140 valence electrons. The van der Waals surface area contributed by atoms with E-state index in [1.807, 2.05) is 44.2 Å². The number of carbonyl (C=O) groups excluding carboxylic acids is 1. The molecule has 1 aromatic heterocycles. The third kappa shape index (κ3) is 3.69. The second kappa shape index (κ2) is 7.61. The van der Waals surface area contributed by atoms with Gasteiger partial charge in [-0.25, -0.2) is 9.07 Å². The maximum Gasteiger partial charge on any atom is 0.257 e. The Kier molecular flexibility index (Phi) is 5.26. The first-order valence-corrected chi connectivity index (χ1v) is 8.62. The van der Waals surface area contributed by atoms with Crippen molar-refractivity contribution >= 4 is 5.91 Å². The summed E-state index contributed by atoms with van der Waals surface area (Å²) in [7, 11) is 3.12. The van der Waals surface area contributed by atoms with Crippen LogP contribution in [0.5, 0.6) is 5.75 Å². The summed E-state index contributed by atoms with van der Waals surface area (Å²) in [4.78, 5) is 14.6. The Balaban J connectivity index is 1.85. The van der Waals surface area contributed by atoms with E-state index in [0.29, 0.717) is 16.8 Å². The normalized spacial score (nSPS) is 10.7. The molecule has 5 nitrogen and oxygen atoms in total. The highest BCUT2D eigenvalue weighted by Crippen LogP contribution is 2.22. The fourth-order valence-electron chi connectivity index (χ4n) is 3.12. The number of hydrogen-bond acceptors (Lipinski definition) is 3. The van der Waals surface area contributed by atoms with Crippen LogP contribution in [0.15, 0.2) is 48.5 Å². The van der Waals surface area contributed by atoms with Crippen molar-refractivity contribution in [2.45, 2.75) is 20.4 Å². The van der Waals surface area contributed by atoms with E-state index in [4.69, 9.17) is 4.74 Å². The molecule has 3 aromatic rings. The number of methoxy groups -OCH3 is 1. The summed E-state index contributed by atoms with van der Waals surface area (Å²) in [6.07, 6.45) is 0. The zero-order valence-electron chi connectivity index (χ0n) is 15.9. The van der Waals surface area contributed by atoms with Gasteiger partial charge in [0.1, 0.15) is 0 Å². The Labute approximate surface area is 158 Å². The lowest BCUT2D eigenvalue weighted by Crippen LogP contribution is -2.27. The van der Waals surface area contributed by atoms with Gasteiger partial charge in [0.2, 0.25) is 0 Å². The summed E-state index contributed by atoms with van der Waals surface area (Å²) in [6.45, 7) is 3.98. The van der Waals surface area contributed by atoms with E-state index < -0.39 is 5.82 Å². The van der Waals surface area contributed by atoms with Gasteiger partial charge in [-0.1, -0.05) is 24.3 Å². The van der Waals surface area contributed by atoms with Gasteiger partial charge in [0.15, 0.2) is 11.6 Å². The van der Waals surface area contributed by atoms with Crippen LogP contribution in [0, 0.1) is 19.7 Å². The average molecular weight is 367 g/mol. The van der Waals surface area contributed by atoms with E-state index >= 15 is 0 Å². The van der Waals surface area contributed by atoms with E-state index in [-0.39, 0.29) is 18.2 Å². The van der Waals surface area contributed by atoms with Crippen molar-refractivity contribution in [3.8, 4) is 11.4 Å². The highest BCUT2D eigenvalue weighted by atomic mass is 19.1. The second-order valence-corrected chi connectivity index (χ2v) is 6.42. The van der Waals surface area contributed by atoms with Gasteiger partial charge >= 0.3 is 0 Å². The third-order valence-electron chi connectivity index (χ3n) is 4.49. The lowest BCUT2D eigenvalue weighted by molar-refractivity contribution is 0.0783. The van der Waals surface area contributed by atoms with Gasteiger partial charge in [0, 0.05) is 13.6 Å². The summed E-state index contributed by atoms with van der Waals surface area (Å²) < 4.78 is 20.6. The first kappa shape index (κ1) is 18.6. The Morgan fingerprint density at radius 1 is 1.19 bits per heavy atom. The summed E-state index contributed by atoms with van der Waals surface area (Å²) in [5.41, 5.74) is 3.59. The number of amides is 1. The smallest absolute Gasteiger partial charge is 0.257 e. The molecule has 0 aliphatic heterocycles. The van der Waals surface area contributed by atoms with Crippen molar-refractivity contribution in [3.63, 3.8) is 0 Å². The summed E-state index contributed by atoms with van der Waals surface area (Å²) in [5, 5.41) is 4.52. The van der Waals surface area contributed by atoms with Gasteiger partial charge in [-0.3, -0.25) is 4.79 Å². The Morgan fingerprint density at radius 3 is 2.52 bits per heavy atom. The number of hydrogen-bond donors (Lipinski definition) is 0. The van der Waals surface area contributed by atoms with E-state index in [1.54, 1.807) is 28.8 Å². The van der Waals surface area contributed by atoms with E-state index in [2.05, 4.69) is 5.10 Å². The molecule has 0 saturated heterocycles. The monoisotopic (exact) mass is 367 g/mol. The van der Waals surface area contributed by atoms with Crippen molar-refractivity contribution < 1.29 is 13.9 Å².